The van der Waals surface area contributed by atoms with E-state index in [9.17, 15) is 4.79 Å². The molecule has 18 heavy (non-hydrogen) atoms. The molecule has 96 valence electrons. The summed E-state index contributed by atoms with van der Waals surface area (Å²) in [5.74, 6) is 0.994. The number of esters is 1. The molecule has 2 atom stereocenters. The summed E-state index contributed by atoms with van der Waals surface area (Å²) in [5, 5.41) is 0. The minimum absolute atomic E-state index is 0.0976. The summed E-state index contributed by atoms with van der Waals surface area (Å²) in [7, 11) is 1.40. The van der Waals surface area contributed by atoms with Crippen LogP contribution in [-0.2, 0) is 4.74 Å². The van der Waals surface area contributed by atoms with Crippen LogP contribution in [-0.4, -0.2) is 18.7 Å². The fourth-order valence-electron chi connectivity index (χ4n) is 3.19. The van der Waals surface area contributed by atoms with E-state index < -0.39 is 0 Å². The number of ether oxygens (including phenoxy) is 2. The van der Waals surface area contributed by atoms with Crippen molar-refractivity contribution in [2.75, 3.05) is 7.11 Å². The fraction of sp³-hybridized carbons (Fsp3) is 0.500. The number of benzene rings is 1. The normalized spacial score (nSPS) is 28.5. The molecule has 1 aliphatic carbocycles. The van der Waals surface area contributed by atoms with Gasteiger partial charge in [0.15, 0.2) is 0 Å². The molecule has 0 bridgehead atoms. The molecule has 0 saturated heterocycles. The van der Waals surface area contributed by atoms with Crippen LogP contribution in [0.25, 0.3) is 0 Å². The molecular weight excluding hydrogens is 296 g/mol. The van der Waals surface area contributed by atoms with E-state index in [4.69, 9.17) is 9.47 Å². The molecule has 1 saturated carbocycles. The van der Waals surface area contributed by atoms with E-state index in [1.54, 1.807) is 6.07 Å². The maximum atomic E-state index is 11.7. The molecule has 1 aromatic carbocycles. The molecule has 1 heterocycles. The maximum absolute atomic E-state index is 11.7. The Balaban J connectivity index is 2.10. The molecule has 3 nitrogen and oxygen atoms in total. The number of methoxy groups -OCH3 is 1. The number of hydrogen-bond donors (Lipinski definition) is 0. The van der Waals surface area contributed by atoms with E-state index in [1.165, 1.54) is 13.5 Å². The van der Waals surface area contributed by atoms with Crippen molar-refractivity contribution in [2.24, 2.45) is 0 Å². The largest absolute Gasteiger partial charge is 0.485 e. The first-order chi connectivity index (χ1) is 8.55. The molecule has 4 heteroatoms. The zero-order chi connectivity index (χ0) is 12.9. The van der Waals surface area contributed by atoms with Crippen LogP contribution in [0.4, 0.5) is 0 Å². The van der Waals surface area contributed by atoms with Gasteiger partial charge in [-0.05, 0) is 54.2 Å². The molecule has 0 unspecified atom stereocenters. The third kappa shape index (κ3) is 1.58. The summed E-state index contributed by atoms with van der Waals surface area (Å²) >= 11 is 3.50. The second-order valence-electron chi connectivity index (χ2n) is 5.23. The standard InChI is InChI=1S/C14H15BrO3/c1-14-5-3-4-10(14)9-6-8(13(16)17-2)7-11(15)12(9)18-14/h6-7,10H,3-5H2,1-2H3/t10-,14-/m0/s1. The van der Waals surface area contributed by atoms with Crippen molar-refractivity contribution < 1.29 is 14.3 Å². The molecule has 3 rings (SSSR count). The summed E-state index contributed by atoms with van der Waals surface area (Å²) in [6.45, 7) is 2.16. The van der Waals surface area contributed by atoms with Crippen molar-refractivity contribution in [3.05, 3.63) is 27.7 Å². The molecule has 0 N–H and O–H groups in total. The van der Waals surface area contributed by atoms with Gasteiger partial charge >= 0.3 is 5.97 Å². The van der Waals surface area contributed by atoms with E-state index in [0.717, 1.165) is 28.6 Å². The molecule has 0 aromatic heterocycles. The van der Waals surface area contributed by atoms with Gasteiger partial charge in [-0.3, -0.25) is 0 Å². The van der Waals surface area contributed by atoms with Gasteiger partial charge in [0.2, 0.25) is 0 Å². The number of fused-ring (bicyclic) bond motifs is 3. The Morgan fingerprint density at radius 2 is 2.33 bits per heavy atom. The summed E-state index contributed by atoms with van der Waals surface area (Å²) < 4.78 is 11.7. The molecule has 1 aromatic rings. The Morgan fingerprint density at radius 1 is 1.56 bits per heavy atom. The highest BCUT2D eigenvalue weighted by Gasteiger charge is 2.48. The maximum Gasteiger partial charge on any atom is 0.337 e. The van der Waals surface area contributed by atoms with Crippen LogP contribution < -0.4 is 4.74 Å². The Morgan fingerprint density at radius 3 is 3.06 bits per heavy atom. The highest BCUT2D eigenvalue weighted by molar-refractivity contribution is 9.10. The summed E-state index contributed by atoms with van der Waals surface area (Å²) in [5.41, 5.74) is 1.63. The van der Waals surface area contributed by atoms with E-state index in [2.05, 4.69) is 22.9 Å². The molecule has 1 aliphatic heterocycles. The predicted molar refractivity (Wildman–Crippen MR) is 71.1 cm³/mol. The summed E-state index contributed by atoms with van der Waals surface area (Å²) in [4.78, 5) is 11.7. The molecular formula is C14H15BrO3. The van der Waals surface area contributed by atoms with Gasteiger partial charge in [-0.15, -0.1) is 0 Å². The van der Waals surface area contributed by atoms with Crippen LogP contribution in [0.2, 0.25) is 0 Å². The lowest BCUT2D eigenvalue weighted by Gasteiger charge is -2.23. The molecule has 2 aliphatic rings. The number of hydrogen-bond acceptors (Lipinski definition) is 3. The smallest absolute Gasteiger partial charge is 0.337 e. The van der Waals surface area contributed by atoms with Gasteiger partial charge in [0.1, 0.15) is 11.4 Å². The average Bonchev–Trinajstić information content (AvgIpc) is 2.83. The SMILES string of the molecule is COC(=O)c1cc(Br)c2c(c1)[C@@H]1CCC[C@]1(C)O2. The Hall–Kier alpha value is -1.03. The minimum Gasteiger partial charge on any atom is -0.485 e. The van der Waals surface area contributed by atoms with Gasteiger partial charge in [0.25, 0.3) is 0 Å². The second kappa shape index (κ2) is 3.98. The van der Waals surface area contributed by atoms with Gasteiger partial charge < -0.3 is 9.47 Å². The highest BCUT2D eigenvalue weighted by Crippen LogP contribution is 2.55. The second-order valence-corrected chi connectivity index (χ2v) is 6.08. The van der Waals surface area contributed by atoms with Crippen molar-refractivity contribution >= 4 is 21.9 Å². The minimum atomic E-state index is -0.301. The molecule has 0 spiro atoms. The van der Waals surface area contributed by atoms with Crippen LogP contribution in [0, 0.1) is 0 Å². The number of rotatable bonds is 1. The molecule has 0 radical (unpaired) electrons. The third-order valence-corrected chi connectivity index (χ3v) is 4.70. The van der Waals surface area contributed by atoms with E-state index >= 15 is 0 Å². The average molecular weight is 311 g/mol. The van der Waals surface area contributed by atoms with Crippen molar-refractivity contribution in [2.45, 2.75) is 37.7 Å². The first-order valence-corrected chi connectivity index (χ1v) is 6.95. The van der Waals surface area contributed by atoms with Gasteiger partial charge in [-0.25, -0.2) is 4.79 Å². The molecule has 0 amide bonds. The van der Waals surface area contributed by atoms with Crippen LogP contribution in [0.3, 0.4) is 0 Å². The zero-order valence-corrected chi connectivity index (χ0v) is 12.0. The van der Waals surface area contributed by atoms with E-state index in [0.29, 0.717) is 11.5 Å². The number of carbonyl (C=O) groups excluding carboxylic acids is 1. The van der Waals surface area contributed by atoms with Crippen molar-refractivity contribution in [3.63, 3.8) is 0 Å². The zero-order valence-electron chi connectivity index (χ0n) is 10.5. The van der Waals surface area contributed by atoms with Gasteiger partial charge in [-0.2, -0.15) is 0 Å². The quantitative estimate of drug-likeness (QED) is 0.743. The van der Waals surface area contributed by atoms with Crippen molar-refractivity contribution in [1.29, 1.82) is 0 Å². The Labute approximate surface area is 115 Å². The van der Waals surface area contributed by atoms with Gasteiger partial charge in [-0.1, -0.05) is 0 Å². The van der Waals surface area contributed by atoms with Crippen LogP contribution in [0.1, 0.15) is 48.0 Å². The lowest BCUT2D eigenvalue weighted by Crippen LogP contribution is -2.29. The van der Waals surface area contributed by atoms with Gasteiger partial charge in [0.05, 0.1) is 17.1 Å². The number of halogens is 1. The van der Waals surface area contributed by atoms with Crippen LogP contribution in [0.5, 0.6) is 5.75 Å². The first-order valence-electron chi connectivity index (χ1n) is 6.16. The molecule has 1 fully saturated rings. The van der Waals surface area contributed by atoms with Crippen molar-refractivity contribution in [3.8, 4) is 5.75 Å². The van der Waals surface area contributed by atoms with Crippen LogP contribution >= 0.6 is 15.9 Å². The van der Waals surface area contributed by atoms with Gasteiger partial charge in [0, 0.05) is 11.5 Å². The monoisotopic (exact) mass is 310 g/mol. The van der Waals surface area contributed by atoms with Crippen molar-refractivity contribution in [1.82, 2.24) is 0 Å². The first kappa shape index (κ1) is 12.0. The number of carbonyl (C=O) groups is 1. The topological polar surface area (TPSA) is 35.5 Å². The lowest BCUT2D eigenvalue weighted by molar-refractivity contribution is 0.0600. The predicted octanol–water partition coefficient (Wildman–Crippen LogP) is 3.65. The lowest BCUT2D eigenvalue weighted by atomic mass is 9.88. The van der Waals surface area contributed by atoms with E-state index in [1.807, 2.05) is 6.07 Å². The van der Waals surface area contributed by atoms with Crippen LogP contribution in [0.15, 0.2) is 16.6 Å². The summed E-state index contributed by atoms with van der Waals surface area (Å²) in [6.07, 6.45) is 3.38. The third-order valence-electron chi connectivity index (χ3n) is 4.11. The van der Waals surface area contributed by atoms with E-state index in [-0.39, 0.29) is 11.6 Å². The highest BCUT2D eigenvalue weighted by atomic mass is 79.9. The fourth-order valence-corrected chi connectivity index (χ4v) is 3.75. The summed E-state index contributed by atoms with van der Waals surface area (Å²) in [6, 6.07) is 3.70. The Kier molecular flexibility index (Phi) is 2.66. The Bertz CT molecular complexity index is 526.